The van der Waals surface area contributed by atoms with E-state index < -0.39 is 5.41 Å². The van der Waals surface area contributed by atoms with Crippen molar-refractivity contribution < 1.29 is 4.79 Å². The molecule has 14 heavy (non-hydrogen) atoms. The minimum absolute atomic E-state index is 0.0220. The zero-order valence-corrected chi connectivity index (χ0v) is 8.24. The van der Waals surface area contributed by atoms with Crippen LogP contribution in [0.4, 0.5) is 11.4 Å². The molecule has 3 heteroatoms. The molecule has 1 aromatic carbocycles. The van der Waals surface area contributed by atoms with Gasteiger partial charge in [-0.15, -0.1) is 0 Å². The summed E-state index contributed by atoms with van der Waals surface area (Å²) in [6, 6.07) is 7.52. The number of carbonyl (C=O) groups excluding carboxylic acids is 1. The molecule has 0 aliphatic carbocycles. The Kier molecular flexibility index (Phi) is 1.88. The summed E-state index contributed by atoms with van der Waals surface area (Å²) in [5.41, 5.74) is 1.05. The summed E-state index contributed by atoms with van der Waals surface area (Å²) >= 11 is 0. The van der Waals surface area contributed by atoms with Crippen molar-refractivity contribution in [3.63, 3.8) is 0 Å². The van der Waals surface area contributed by atoms with Gasteiger partial charge in [0.05, 0.1) is 16.8 Å². The Labute approximate surface area is 82.9 Å². The van der Waals surface area contributed by atoms with E-state index in [1.807, 2.05) is 38.1 Å². The molecule has 1 N–H and O–H groups in total. The smallest absolute Gasteiger partial charge is 0.235 e. The Morgan fingerprint density at radius 2 is 2.00 bits per heavy atom. The molecule has 72 valence electrons. The van der Waals surface area contributed by atoms with Gasteiger partial charge in [0.25, 0.3) is 0 Å². The summed E-state index contributed by atoms with van der Waals surface area (Å²) in [6.07, 6.45) is 1.69. The Morgan fingerprint density at radius 3 is 2.79 bits per heavy atom. The third-order valence-corrected chi connectivity index (χ3v) is 2.26. The number of carbonyl (C=O) groups is 1. The SMILES string of the molecule is CC1(C)C=Nc2ccccc2NC1=O. The van der Waals surface area contributed by atoms with E-state index in [1.165, 1.54) is 0 Å². The predicted molar refractivity (Wildman–Crippen MR) is 57.0 cm³/mol. The molecule has 0 atom stereocenters. The Bertz CT molecular complexity index is 408. The van der Waals surface area contributed by atoms with Gasteiger partial charge in [-0.2, -0.15) is 0 Å². The maximum absolute atomic E-state index is 11.7. The molecule has 0 unspecified atom stereocenters. The molecule has 1 aliphatic heterocycles. The molecule has 0 spiro atoms. The second kappa shape index (κ2) is 2.94. The highest BCUT2D eigenvalue weighted by atomic mass is 16.2. The van der Waals surface area contributed by atoms with Crippen LogP contribution in [-0.4, -0.2) is 12.1 Å². The quantitative estimate of drug-likeness (QED) is 0.667. The molecule has 1 aromatic rings. The number of para-hydroxylation sites is 2. The number of amides is 1. The highest BCUT2D eigenvalue weighted by Crippen LogP contribution is 2.29. The highest BCUT2D eigenvalue weighted by Gasteiger charge is 2.28. The van der Waals surface area contributed by atoms with Crippen molar-refractivity contribution in [2.24, 2.45) is 10.4 Å². The zero-order chi connectivity index (χ0) is 10.2. The van der Waals surface area contributed by atoms with Gasteiger partial charge in [0.2, 0.25) is 5.91 Å². The number of anilines is 1. The molecule has 3 nitrogen and oxygen atoms in total. The molecule has 2 rings (SSSR count). The maximum Gasteiger partial charge on any atom is 0.235 e. The molecule has 0 saturated heterocycles. The lowest BCUT2D eigenvalue weighted by atomic mass is 9.94. The first-order chi connectivity index (χ1) is 6.59. The van der Waals surface area contributed by atoms with E-state index in [0.717, 1.165) is 11.4 Å². The average Bonchev–Trinajstić information content (AvgIpc) is 2.26. The molecular formula is C11H12N2O. The zero-order valence-electron chi connectivity index (χ0n) is 8.24. The maximum atomic E-state index is 11.7. The first-order valence-electron chi connectivity index (χ1n) is 4.55. The number of hydrogen-bond acceptors (Lipinski definition) is 2. The fraction of sp³-hybridized carbons (Fsp3) is 0.273. The Morgan fingerprint density at radius 1 is 1.29 bits per heavy atom. The summed E-state index contributed by atoms with van der Waals surface area (Å²) in [4.78, 5) is 16.0. The van der Waals surface area contributed by atoms with Crippen LogP contribution < -0.4 is 5.32 Å². The summed E-state index contributed by atoms with van der Waals surface area (Å²) in [5.74, 6) is -0.0220. The number of rotatable bonds is 0. The Balaban J connectivity index is 2.49. The first kappa shape index (κ1) is 8.94. The number of nitrogens with zero attached hydrogens (tertiary/aromatic N) is 1. The van der Waals surface area contributed by atoms with E-state index >= 15 is 0 Å². The van der Waals surface area contributed by atoms with Crippen molar-refractivity contribution in [1.82, 2.24) is 0 Å². The lowest BCUT2D eigenvalue weighted by Crippen LogP contribution is -2.30. The van der Waals surface area contributed by atoms with E-state index in [0.29, 0.717) is 0 Å². The van der Waals surface area contributed by atoms with Crippen LogP contribution in [0.15, 0.2) is 29.3 Å². The summed E-state index contributed by atoms with van der Waals surface area (Å²) < 4.78 is 0. The molecule has 0 fully saturated rings. The predicted octanol–water partition coefficient (Wildman–Crippen LogP) is 2.37. The summed E-state index contributed by atoms with van der Waals surface area (Å²) in [6.45, 7) is 3.69. The van der Waals surface area contributed by atoms with Crippen LogP contribution in [0.25, 0.3) is 0 Å². The van der Waals surface area contributed by atoms with Crippen LogP contribution >= 0.6 is 0 Å². The molecule has 0 saturated carbocycles. The molecule has 1 heterocycles. The number of nitrogens with one attached hydrogen (secondary N) is 1. The molecule has 0 aromatic heterocycles. The van der Waals surface area contributed by atoms with Gasteiger partial charge in [0.1, 0.15) is 0 Å². The highest BCUT2D eigenvalue weighted by molar-refractivity contribution is 6.08. The van der Waals surface area contributed by atoms with Crippen molar-refractivity contribution in [3.05, 3.63) is 24.3 Å². The van der Waals surface area contributed by atoms with Gasteiger partial charge >= 0.3 is 0 Å². The van der Waals surface area contributed by atoms with E-state index in [2.05, 4.69) is 10.3 Å². The third kappa shape index (κ3) is 1.41. The standard InChI is InChI=1S/C11H12N2O/c1-11(2)7-12-8-5-3-4-6-9(8)13-10(11)14/h3-7H,1-2H3,(H,13,14). The van der Waals surface area contributed by atoms with Crippen LogP contribution in [0.2, 0.25) is 0 Å². The minimum atomic E-state index is -0.543. The second-order valence-corrected chi connectivity index (χ2v) is 3.95. The van der Waals surface area contributed by atoms with Crippen molar-refractivity contribution in [2.45, 2.75) is 13.8 Å². The van der Waals surface area contributed by atoms with E-state index in [9.17, 15) is 4.79 Å². The van der Waals surface area contributed by atoms with Crippen LogP contribution in [0.1, 0.15) is 13.8 Å². The van der Waals surface area contributed by atoms with Crippen LogP contribution in [0, 0.1) is 5.41 Å². The van der Waals surface area contributed by atoms with Gasteiger partial charge in [0, 0.05) is 6.21 Å². The fourth-order valence-corrected chi connectivity index (χ4v) is 1.26. The molecule has 0 bridgehead atoms. The van der Waals surface area contributed by atoms with Gasteiger partial charge in [-0.25, -0.2) is 0 Å². The van der Waals surface area contributed by atoms with Crippen molar-refractivity contribution >= 4 is 23.5 Å². The van der Waals surface area contributed by atoms with Crippen molar-refractivity contribution in [3.8, 4) is 0 Å². The second-order valence-electron chi connectivity index (χ2n) is 3.95. The van der Waals surface area contributed by atoms with Crippen LogP contribution in [0.3, 0.4) is 0 Å². The fourth-order valence-electron chi connectivity index (χ4n) is 1.26. The number of benzene rings is 1. The molecular weight excluding hydrogens is 176 g/mol. The van der Waals surface area contributed by atoms with Gasteiger partial charge in [-0.05, 0) is 26.0 Å². The van der Waals surface area contributed by atoms with E-state index in [1.54, 1.807) is 6.21 Å². The van der Waals surface area contributed by atoms with Gasteiger partial charge in [-0.3, -0.25) is 9.79 Å². The third-order valence-electron chi connectivity index (χ3n) is 2.26. The largest absolute Gasteiger partial charge is 0.323 e. The van der Waals surface area contributed by atoms with E-state index in [4.69, 9.17) is 0 Å². The monoisotopic (exact) mass is 188 g/mol. The molecule has 1 amide bonds. The topological polar surface area (TPSA) is 41.5 Å². The lowest BCUT2D eigenvalue weighted by Gasteiger charge is -2.15. The number of hydrogen-bond donors (Lipinski definition) is 1. The minimum Gasteiger partial charge on any atom is -0.323 e. The van der Waals surface area contributed by atoms with Gasteiger partial charge in [0.15, 0.2) is 0 Å². The first-order valence-corrected chi connectivity index (χ1v) is 4.55. The Hall–Kier alpha value is -1.64. The molecule has 1 aliphatic rings. The summed E-state index contributed by atoms with van der Waals surface area (Å²) in [5, 5.41) is 2.85. The van der Waals surface area contributed by atoms with Crippen LogP contribution in [-0.2, 0) is 4.79 Å². The number of aliphatic imine (C=N–C) groups is 1. The van der Waals surface area contributed by atoms with Crippen molar-refractivity contribution in [1.29, 1.82) is 0 Å². The van der Waals surface area contributed by atoms with Crippen LogP contribution in [0.5, 0.6) is 0 Å². The van der Waals surface area contributed by atoms with Crippen molar-refractivity contribution in [2.75, 3.05) is 5.32 Å². The summed E-state index contributed by atoms with van der Waals surface area (Å²) in [7, 11) is 0. The molecule has 0 radical (unpaired) electrons. The number of fused-ring (bicyclic) bond motifs is 1. The lowest BCUT2D eigenvalue weighted by molar-refractivity contribution is -0.120. The average molecular weight is 188 g/mol. The van der Waals surface area contributed by atoms with E-state index in [-0.39, 0.29) is 5.91 Å². The normalized spacial score (nSPS) is 18.3. The van der Waals surface area contributed by atoms with Gasteiger partial charge < -0.3 is 5.32 Å². The van der Waals surface area contributed by atoms with Gasteiger partial charge in [-0.1, -0.05) is 12.1 Å².